The second-order valence-electron chi connectivity index (χ2n) is 4.43. The molecule has 0 aromatic heterocycles. The van der Waals surface area contributed by atoms with Crippen LogP contribution in [-0.2, 0) is 19.1 Å². The van der Waals surface area contributed by atoms with Gasteiger partial charge in [0.2, 0.25) is 6.54 Å². The van der Waals surface area contributed by atoms with Crippen molar-refractivity contribution in [3.8, 4) is 0 Å². The van der Waals surface area contributed by atoms with E-state index < -0.39 is 52.4 Å². The van der Waals surface area contributed by atoms with Gasteiger partial charge in [-0.1, -0.05) is 15.9 Å². The van der Waals surface area contributed by atoms with Gasteiger partial charge in [0.25, 0.3) is 0 Å². The number of hydrogen-bond acceptors (Lipinski definition) is 6. The van der Waals surface area contributed by atoms with E-state index in [0.29, 0.717) is 0 Å². The molecule has 1 aromatic rings. The summed E-state index contributed by atoms with van der Waals surface area (Å²) in [6.45, 7) is -1.07. The van der Waals surface area contributed by atoms with Crippen LogP contribution in [-0.4, -0.2) is 37.6 Å². The predicted octanol–water partition coefficient (Wildman–Crippen LogP) is 2.05. The maximum atomic E-state index is 14.1. The highest BCUT2D eigenvalue weighted by Gasteiger charge is 2.43. The van der Waals surface area contributed by atoms with Crippen molar-refractivity contribution in [1.82, 2.24) is 0 Å². The number of carbonyl (C=O) groups excluding carboxylic acids is 2. The summed E-state index contributed by atoms with van der Waals surface area (Å²) >= 11 is 2.87. The van der Waals surface area contributed by atoms with Gasteiger partial charge in [0.15, 0.2) is 5.92 Å². The Bertz CT molecular complexity index is 600. The molecule has 0 aliphatic carbocycles. The molecule has 0 N–H and O–H groups in total. The number of ether oxygens (including phenoxy) is 2. The van der Waals surface area contributed by atoms with Crippen LogP contribution < -0.4 is 0 Å². The van der Waals surface area contributed by atoms with Gasteiger partial charge in [0, 0.05) is 15.0 Å². The van der Waals surface area contributed by atoms with Crippen molar-refractivity contribution in [2.24, 2.45) is 5.92 Å². The Morgan fingerprint density at radius 2 is 1.65 bits per heavy atom. The van der Waals surface area contributed by atoms with Crippen LogP contribution in [0, 0.1) is 27.7 Å². The van der Waals surface area contributed by atoms with Crippen molar-refractivity contribution in [3.05, 3.63) is 43.9 Å². The molecule has 0 saturated heterocycles. The minimum Gasteiger partial charge on any atom is -0.468 e. The van der Waals surface area contributed by atoms with Gasteiger partial charge in [0.05, 0.1) is 20.1 Å². The zero-order chi connectivity index (χ0) is 17.7. The zero-order valence-electron chi connectivity index (χ0n) is 12.0. The molecule has 0 radical (unpaired) electrons. The van der Waals surface area contributed by atoms with Crippen molar-refractivity contribution in [1.29, 1.82) is 0 Å². The van der Waals surface area contributed by atoms with Gasteiger partial charge in [-0.3, -0.25) is 19.7 Å². The summed E-state index contributed by atoms with van der Waals surface area (Å²) in [4.78, 5) is 33.6. The monoisotopic (exact) mass is 395 g/mol. The molecule has 0 aliphatic rings. The molecule has 1 unspecified atom stereocenters. The molecule has 0 fully saturated rings. The molecular formula is C13H12BrF2NO6. The summed E-state index contributed by atoms with van der Waals surface area (Å²) in [5, 5.41) is 10.8. The molecule has 0 heterocycles. The van der Waals surface area contributed by atoms with Gasteiger partial charge < -0.3 is 9.47 Å². The van der Waals surface area contributed by atoms with E-state index in [4.69, 9.17) is 0 Å². The van der Waals surface area contributed by atoms with Gasteiger partial charge >= 0.3 is 11.9 Å². The predicted molar refractivity (Wildman–Crippen MR) is 76.2 cm³/mol. The summed E-state index contributed by atoms with van der Waals surface area (Å²) in [7, 11) is 1.88. The second-order valence-corrected chi connectivity index (χ2v) is 5.34. The molecule has 126 valence electrons. The van der Waals surface area contributed by atoms with Crippen LogP contribution in [0.4, 0.5) is 8.78 Å². The van der Waals surface area contributed by atoms with E-state index in [-0.39, 0.29) is 4.47 Å². The lowest BCUT2D eigenvalue weighted by atomic mass is 9.85. The molecule has 23 heavy (non-hydrogen) atoms. The van der Waals surface area contributed by atoms with Crippen LogP contribution in [0.5, 0.6) is 0 Å². The van der Waals surface area contributed by atoms with Crippen LogP contribution in [0.15, 0.2) is 16.6 Å². The topological polar surface area (TPSA) is 95.7 Å². The Kier molecular flexibility index (Phi) is 6.55. The Hall–Kier alpha value is -2.10. The molecule has 0 aliphatic heterocycles. The summed E-state index contributed by atoms with van der Waals surface area (Å²) in [6, 6.07) is 1.74. The van der Waals surface area contributed by atoms with Crippen LogP contribution in [0.2, 0.25) is 0 Å². The largest absolute Gasteiger partial charge is 0.468 e. The third-order valence-corrected chi connectivity index (χ3v) is 3.53. The number of rotatable bonds is 6. The fourth-order valence-corrected chi connectivity index (χ4v) is 2.51. The molecule has 0 amide bonds. The number of hydrogen-bond donors (Lipinski definition) is 0. The Balaban J connectivity index is 3.52. The van der Waals surface area contributed by atoms with E-state index in [1.807, 2.05) is 0 Å². The SMILES string of the molecule is COC(=O)C(C(=O)OC)C(C[N+](=O)[O-])c1c(F)cc(Br)cc1F. The second kappa shape index (κ2) is 7.95. The number of halogens is 3. The lowest BCUT2D eigenvalue weighted by molar-refractivity contribution is -0.484. The first-order chi connectivity index (χ1) is 10.7. The first kappa shape index (κ1) is 18.9. The maximum Gasteiger partial charge on any atom is 0.320 e. The average Bonchev–Trinajstić information content (AvgIpc) is 2.45. The van der Waals surface area contributed by atoms with E-state index in [2.05, 4.69) is 25.4 Å². The number of nitro groups is 1. The number of methoxy groups -OCH3 is 2. The Labute approximate surface area is 137 Å². The third-order valence-electron chi connectivity index (χ3n) is 3.07. The molecule has 7 nitrogen and oxygen atoms in total. The molecule has 0 bridgehead atoms. The minimum absolute atomic E-state index is 0.0591. The first-order valence-corrected chi connectivity index (χ1v) is 6.94. The quantitative estimate of drug-likeness (QED) is 0.316. The van der Waals surface area contributed by atoms with Crippen LogP contribution >= 0.6 is 15.9 Å². The standard InChI is InChI=1S/C13H12BrF2NO6/c1-22-12(18)11(13(19)23-2)7(5-17(20)21)10-8(15)3-6(14)4-9(10)16/h3-4,7,11H,5H2,1-2H3. The maximum absolute atomic E-state index is 14.1. The summed E-state index contributed by atoms with van der Waals surface area (Å²) < 4.78 is 37.1. The fourth-order valence-electron chi connectivity index (χ4n) is 2.11. The summed E-state index contributed by atoms with van der Waals surface area (Å²) in [5.74, 6) is -8.25. The molecule has 10 heteroatoms. The molecule has 0 spiro atoms. The van der Waals surface area contributed by atoms with Crippen molar-refractivity contribution in [2.45, 2.75) is 5.92 Å². The van der Waals surface area contributed by atoms with E-state index >= 15 is 0 Å². The Morgan fingerprint density at radius 3 is 2.00 bits per heavy atom. The number of esters is 2. The lowest BCUT2D eigenvalue weighted by Crippen LogP contribution is -2.36. The summed E-state index contributed by atoms with van der Waals surface area (Å²) in [5.41, 5.74) is -0.759. The zero-order valence-corrected chi connectivity index (χ0v) is 13.6. The first-order valence-electron chi connectivity index (χ1n) is 6.14. The molecule has 0 saturated carbocycles. The molecule has 1 atom stereocenters. The van der Waals surface area contributed by atoms with Crippen LogP contribution in [0.25, 0.3) is 0 Å². The average molecular weight is 396 g/mol. The lowest BCUT2D eigenvalue weighted by Gasteiger charge is -2.21. The van der Waals surface area contributed by atoms with Gasteiger partial charge in [-0.05, 0) is 12.1 Å². The summed E-state index contributed by atoms with van der Waals surface area (Å²) in [6.07, 6.45) is 0. The smallest absolute Gasteiger partial charge is 0.320 e. The van der Waals surface area contributed by atoms with Crippen LogP contribution in [0.1, 0.15) is 11.5 Å². The van der Waals surface area contributed by atoms with E-state index in [9.17, 15) is 28.5 Å². The van der Waals surface area contributed by atoms with Gasteiger partial charge in [-0.2, -0.15) is 0 Å². The van der Waals surface area contributed by atoms with E-state index in [1.165, 1.54) is 0 Å². The van der Waals surface area contributed by atoms with Gasteiger partial charge in [0.1, 0.15) is 11.6 Å². The highest BCUT2D eigenvalue weighted by molar-refractivity contribution is 9.10. The van der Waals surface area contributed by atoms with Crippen molar-refractivity contribution < 1.29 is 32.8 Å². The van der Waals surface area contributed by atoms with Crippen LogP contribution in [0.3, 0.4) is 0 Å². The van der Waals surface area contributed by atoms with Gasteiger partial charge in [-0.25, -0.2) is 8.78 Å². The van der Waals surface area contributed by atoms with E-state index in [1.54, 1.807) is 0 Å². The minimum atomic E-state index is -1.87. The Morgan fingerprint density at radius 1 is 1.22 bits per heavy atom. The normalized spacial score (nSPS) is 11.9. The fraction of sp³-hybridized carbons (Fsp3) is 0.385. The molecule has 1 aromatic carbocycles. The number of carbonyl (C=O) groups is 2. The van der Waals surface area contributed by atoms with Crippen molar-refractivity contribution in [3.63, 3.8) is 0 Å². The van der Waals surface area contributed by atoms with E-state index in [0.717, 1.165) is 26.4 Å². The highest BCUT2D eigenvalue weighted by Crippen LogP contribution is 2.33. The third kappa shape index (κ3) is 4.44. The number of benzene rings is 1. The van der Waals surface area contributed by atoms with Gasteiger partial charge in [-0.15, -0.1) is 0 Å². The molecule has 1 rings (SSSR count). The number of nitrogens with zero attached hydrogens (tertiary/aromatic N) is 1. The van der Waals surface area contributed by atoms with Crippen molar-refractivity contribution >= 4 is 27.9 Å². The highest BCUT2D eigenvalue weighted by atomic mass is 79.9. The molecular weight excluding hydrogens is 384 g/mol. The van der Waals surface area contributed by atoms with Crippen molar-refractivity contribution in [2.75, 3.05) is 20.8 Å².